The molecule has 0 aliphatic heterocycles. The average Bonchev–Trinajstić information content (AvgIpc) is 2.84. The first-order valence-electron chi connectivity index (χ1n) is 7.45. The van der Waals surface area contributed by atoms with Crippen molar-refractivity contribution in [2.24, 2.45) is 0 Å². The number of hydrogen-bond acceptors (Lipinski definition) is 2. The summed E-state index contributed by atoms with van der Waals surface area (Å²) in [6, 6.07) is 9.11. The van der Waals surface area contributed by atoms with Gasteiger partial charge in [0.2, 0.25) is 0 Å². The molecule has 1 unspecified atom stereocenters. The molecule has 1 aromatic carbocycles. The highest BCUT2D eigenvalue weighted by molar-refractivity contribution is 5.33. The molecule has 2 aromatic rings. The van der Waals surface area contributed by atoms with Crippen molar-refractivity contribution in [1.82, 2.24) is 5.32 Å². The van der Waals surface area contributed by atoms with Crippen LogP contribution in [0.15, 0.2) is 34.9 Å². The molecule has 0 aliphatic carbocycles. The Kier molecular flexibility index (Phi) is 5.02. The molecule has 1 aromatic heterocycles. The smallest absolute Gasteiger partial charge is 0.105 e. The van der Waals surface area contributed by atoms with Crippen molar-refractivity contribution in [3.63, 3.8) is 0 Å². The number of aryl methyl sites for hydroxylation is 3. The van der Waals surface area contributed by atoms with Crippen LogP contribution in [0.25, 0.3) is 0 Å². The summed E-state index contributed by atoms with van der Waals surface area (Å²) in [7, 11) is 0. The summed E-state index contributed by atoms with van der Waals surface area (Å²) in [6.07, 6.45) is 3.93. The van der Waals surface area contributed by atoms with Crippen LogP contribution in [-0.2, 0) is 6.42 Å². The molecule has 0 saturated heterocycles. The third kappa shape index (κ3) is 3.51. The fourth-order valence-electron chi connectivity index (χ4n) is 2.61. The van der Waals surface area contributed by atoms with Crippen LogP contribution in [0.5, 0.6) is 0 Å². The Balaban J connectivity index is 2.23. The molecule has 108 valence electrons. The molecule has 1 N–H and O–H groups in total. The summed E-state index contributed by atoms with van der Waals surface area (Å²) in [4.78, 5) is 0. The highest BCUT2D eigenvalue weighted by atomic mass is 16.3. The van der Waals surface area contributed by atoms with Crippen molar-refractivity contribution in [3.05, 3.63) is 58.5 Å². The predicted molar refractivity (Wildman–Crippen MR) is 84.1 cm³/mol. The molecule has 0 saturated carbocycles. The van der Waals surface area contributed by atoms with E-state index in [9.17, 15) is 0 Å². The van der Waals surface area contributed by atoms with E-state index in [1.165, 1.54) is 22.3 Å². The SMILES string of the molecule is CCCNC(Cc1cc(C)ccc1C)c1ccoc1C. The Hall–Kier alpha value is -1.54. The van der Waals surface area contributed by atoms with Crippen LogP contribution in [0.4, 0.5) is 0 Å². The molecular formula is C18H25NO. The minimum atomic E-state index is 0.328. The largest absolute Gasteiger partial charge is 0.469 e. The topological polar surface area (TPSA) is 25.2 Å². The maximum absolute atomic E-state index is 5.48. The minimum Gasteiger partial charge on any atom is -0.469 e. The second-order valence-electron chi connectivity index (χ2n) is 5.57. The summed E-state index contributed by atoms with van der Waals surface area (Å²) < 4.78 is 5.48. The lowest BCUT2D eigenvalue weighted by Gasteiger charge is -2.19. The van der Waals surface area contributed by atoms with Crippen molar-refractivity contribution in [2.75, 3.05) is 6.54 Å². The molecule has 2 nitrogen and oxygen atoms in total. The fraction of sp³-hybridized carbons (Fsp3) is 0.444. The van der Waals surface area contributed by atoms with E-state index in [-0.39, 0.29) is 0 Å². The van der Waals surface area contributed by atoms with Crippen molar-refractivity contribution in [3.8, 4) is 0 Å². The maximum Gasteiger partial charge on any atom is 0.105 e. The molecule has 0 fully saturated rings. The number of benzene rings is 1. The zero-order valence-corrected chi connectivity index (χ0v) is 13.0. The minimum absolute atomic E-state index is 0.328. The Bertz CT molecular complexity index is 556. The van der Waals surface area contributed by atoms with Crippen molar-refractivity contribution < 1.29 is 4.42 Å². The fourth-order valence-corrected chi connectivity index (χ4v) is 2.61. The van der Waals surface area contributed by atoms with Crippen LogP contribution >= 0.6 is 0 Å². The molecule has 0 spiro atoms. The van der Waals surface area contributed by atoms with Gasteiger partial charge >= 0.3 is 0 Å². The van der Waals surface area contributed by atoms with Gasteiger partial charge in [0.1, 0.15) is 5.76 Å². The van der Waals surface area contributed by atoms with Crippen LogP contribution in [0.3, 0.4) is 0 Å². The lowest BCUT2D eigenvalue weighted by atomic mass is 9.95. The van der Waals surface area contributed by atoms with Crippen molar-refractivity contribution >= 4 is 0 Å². The van der Waals surface area contributed by atoms with Gasteiger partial charge in [-0.15, -0.1) is 0 Å². The zero-order chi connectivity index (χ0) is 14.5. The molecule has 0 amide bonds. The van der Waals surface area contributed by atoms with Crippen LogP contribution in [0, 0.1) is 20.8 Å². The Morgan fingerprint density at radius 1 is 1.15 bits per heavy atom. The predicted octanol–water partition coefficient (Wildman–Crippen LogP) is 4.49. The monoisotopic (exact) mass is 271 g/mol. The van der Waals surface area contributed by atoms with E-state index in [1.807, 2.05) is 6.92 Å². The van der Waals surface area contributed by atoms with Gasteiger partial charge in [-0.2, -0.15) is 0 Å². The average molecular weight is 271 g/mol. The number of furan rings is 1. The van der Waals surface area contributed by atoms with Crippen LogP contribution < -0.4 is 5.32 Å². The van der Waals surface area contributed by atoms with Crippen LogP contribution in [0.1, 0.15) is 47.4 Å². The molecule has 0 bridgehead atoms. The maximum atomic E-state index is 5.48. The summed E-state index contributed by atoms with van der Waals surface area (Å²) in [5, 5.41) is 3.65. The normalized spacial score (nSPS) is 12.6. The summed E-state index contributed by atoms with van der Waals surface area (Å²) in [6.45, 7) is 9.61. The van der Waals surface area contributed by atoms with Crippen LogP contribution in [-0.4, -0.2) is 6.54 Å². The van der Waals surface area contributed by atoms with E-state index >= 15 is 0 Å². The molecule has 0 aliphatic rings. The van der Waals surface area contributed by atoms with E-state index in [2.05, 4.69) is 50.4 Å². The van der Waals surface area contributed by atoms with E-state index in [4.69, 9.17) is 4.42 Å². The van der Waals surface area contributed by atoms with Gasteiger partial charge in [0.25, 0.3) is 0 Å². The lowest BCUT2D eigenvalue weighted by Crippen LogP contribution is -2.24. The first-order chi connectivity index (χ1) is 9.61. The molecule has 2 rings (SSSR count). The molecule has 1 heterocycles. The van der Waals surface area contributed by atoms with Gasteiger partial charge in [-0.3, -0.25) is 0 Å². The number of hydrogen-bond donors (Lipinski definition) is 1. The Morgan fingerprint density at radius 2 is 1.95 bits per heavy atom. The second-order valence-corrected chi connectivity index (χ2v) is 5.57. The highest BCUT2D eigenvalue weighted by Gasteiger charge is 2.16. The molecule has 20 heavy (non-hydrogen) atoms. The van der Waals surface area contributed by atoms with Gasteiger partial charge in [0.05, 0.1) is 6.26 Å². The van der Waals surface area contributed by atoms with E-state index in [0.29, 0.717) is 6.04 Å². The first-order valence-corrected chi connectivity index (χ1v) is 7.45. The number of rotatable bonds is 6. The highest BCUT2D eigenvalue weighted by Crippen LogP contribution is 2.24. The van der Waals surface area contributed by atoms with Gasteiger partial charge < -0.3 is 9.73 Å². The van der Waals surface area contributed by atoms with Crippen molar-refractivity contribution in [1.29, 1.82) is 0 Å². The van der Waals surface area contributed by atoms with Gasteiger partial charge in [0, 0.05) is 11.6 Å². The van der Waals surface area contributed by atoms with Crippen molar-refractivity contribution in [2.45, 2.75) is 46.6 Å². The summed E-state index contributed by atoms with van der Waals surface area (Å²) >= 11 is 0. The second kappa shape index (κ2) is 6.76. The van der Waals surface area contributed by atoms with Gasteiger partial charge in [-0.05, 0) is 57.4 Å². The molecule has 2 heteroatoms. The summed E-state index contributed by atoms with van der Waals surface area (Å²) in [5.74, 6) is 1.02. The van der Waals surface area contributed by atoms with E-state index in [0.717, 1.165) is 25.1 Å². The molecule has 0 radical (unpaired) electrons. The standard InChI is InChI=1S/C18H25NO/c1-5-9-19-18(17-8-10-20-15(17)4)12-16-11-13(2)6-7-14(16)3/h6-8,10-11,18-19H,5,9,12H2,1-4H3. The molecule has 1 atom stereocenters. The van der Waals surface area contributed by atoms with Gasteiger partial charge in [-0.25, -0.2) is 0 Å². The van der Waals surface area contributed by atoms with E-state index < -0.39 is 0 Å². The zero-order valence-electron chi connectivity index (χ0n) is 13.0. The quantitative estimate of drug-likeness (QED) is 0.837. The van der Waals surface area contributed by atoms with E-state index in [1.54, 1.807) is 6.26 Å². The van der Waals surface area contributed by atoms with Gasteiger partial charge in [0.15, 0.2) is 0 Å². The third-order valence-corrected chi connectivity index (χ3v) is 3.84. The summed E-state index contributed by atoms with van der Waals surface area (Å²) in [5.41, 5.74) is 5.38. The molecular weight excluding hydrogens is 246 g/mol. The van der Waals surface area contributed by atoms with Crippen LogP contribution in [0.2, 0.25) is 0 Å². The Labute approximate surface area is 122 Å². The lowest BCUT2D eigenvalue weighted by molar-refractivity contribution is 0.493. The van der Waals surface area contributed by atoms with Gasteiger partial charge in [-0.1, -0.05) is 30.7 Å². The Morgan fingerprint density at radius 3 is 2.60 bits per heavy atom. The third-order valence-electron chi connectivity index (χ3n) is 3.84. The first kappa shape index (κ1) is 14.9. The number of nitrogens with one attached hydrogen (secondary N) is 1.